The maximum Gasteiger partial charge on any atom is 0.231 e. The van der Waals surface area contributed by atoms with E-state index in [-0.39, 0.29) is 5.41 Å². The van der Waals surface area contributed by atoms with E-state index >= 15 is 0 Å². The summed E-state index contributed by atoms with van der Waals surface area (Å²) in [5, 5.41) is 7.05. The lowest BCUT2D eigenvalue weighted by Crippen LogP contribution is -2.47. The summed E-state index contributed by atoms with van der Waals surface area (Å²) in [7, 11) is 1.82. The molecule has 31 heavy (non-hydrogen) atoms. The molecular formula is C24H31N3O3S. The second-order valence-corrected chi connectivity index (χ2v) is 8.90. The van der Waals surface area contributed by atoms with Crippen molar-refractivity contribution in [3.63, 3.8) is 0 Å². The molecule has 0 spiro atoms. The van der Waals surface area contributed by atoms with Gasteiger partial charge in [-0.05, 0) is 60.9 Å². The van der Waals surface area contributed by atoms with Crippen LogP contribution in [0.25, 0.3) is 0 Å². The maximum absolute atomic E-state index is 5.68. The Balaban J connectivity index is 1.45. The number of nitrogens with zero attached hydrogens (tertiary/aromatic N) is 1. The first-order chi connectivity index (χ1) is 15.1. The Hall–Kier alpha value is -2.38. The van der Waals surface area contributed by atoms with Gasteiger partial charge in [0.25, 0.3) is 0 Å². The van der Waals surface area contributed by atoms with Crippen LogP contribution in [0.4, 0.5) is 0 Å². The molecule has 0 aromatic heterocycles. The molecule has 2 aliphatic heterocycles. The van der Waals surface area contributed by atoms with Gasteiger partial charge in [0.15, 0.2) is 17.5 Å². The molecule has 0 atom stereocenters. The number of fused-ring (bicyclic) bond motifs is 1. The molecule has 0 unspecified atom stereocenters. The SMILES string of the molecule is CN=C(NCc1ccc(C)cc1SC)NCC1(c2ccc3c(c2)OCO3)CCOCC1. The first kappa shape index (κ1) is 21.8. The van der Waals surface area contributed by atoms with Gasteiger partial charge in [-0.2, -0.15) is 0 Å². The van der Waals surface area contributed by atoms with Gasteiger partial charge in [0.2, 0.25) is 6.79 Å². The minimum atomic E-state index is -0.0366. The molecule has 2 heterocycles. The van der Waals surface area contributed by atoms with Crippen LogP contribution in [0.5, 0.6) is 11.5 Å². The fourth-order valence-corrected chi connectivity index (χ4v) is 4.91. The van der Waals surface area contributed by atoms with Gasteiger partial charge in [-0.25, -0.2) is 0 Å². The molecule has 166 valence electrons. The van der Waals surface area contributed by atoms with E-state index < -0.39 is 0 Å². The lowest BCUT2D eigenvalue weighted by molar-refractivity contribution is 0.0513. The summed E-state index contributed by atoms with van der Waals surface area (Å²) in [6.07, 6.45) is 4.02. The fourth-order valence-electron chi connectivity index (χ4n) is 4.21. The van der Waals surface area contributed by atoms with Gasteiger partial charge in [-0.15, -0.1) is 11.8 Å². The van der Waals surface area contributed by atoms with E-state index in [2.05, 4.69) is 59.1 Å². The number of aliphatic imine (C=N–C) groups is 1. The van der Waals surface area contributed by atoms with E-state index in [9.17, 15) is 0 Å². The van der Waals surface area contributed by atoms with Crippen LogP contribution in [0, 0.1) is 6.92 Å². The van der Waals surface area contributed by atoms with Gasteiger partial charge < -0.3 is 24.8 Å². The predicted octanol–water partition coefficient (Wildman–Crippen LogP) is 3.86. The van der Waals surface area contributed by atoms with Gasteiger partial charge >= 0.3 is 0 Å². The number of aryl methyl sites for hydroxylation is 1. The number of hydrogen-bond donors (Lipinski definition) is 2. The van der Waals surface area contributed by atoms with Gasteiger partial charge in [-0.1, -0.05) is 18.2 Å². The van der Waals surface area contributed by atoms with Crippen molar-refractivity contribution < 1.29 is 14.2 Å². The summed E-state index contributed by atoms with van der Waals surface area (Å²) in [5.41, 5.74) is 3.77. The van der Waals surface area contributed by atoms with Crippen LogP contribution in [0.2, 0.25) is 0 Å². The van der Waals surface area contributed by atoms with Crippen LogP contribution in [-0.2, 0) is 16.7 Å². The molecule has 1 fully saturated rings. The van der Waals surface area contributed by atoms with Crippen molar-refractivity contribution in [2.45, 2.75) is 36.6 Å². The largest absolute Gasteiger partial charge is 0.454 e. The Morgan fingerprint density at radius 3 is 2.65 bits per heavy atom. The third kappa shape index (κ3) is 4.93. The third-order valence-corrected chi connectivity index (χ3v) is 6.96. The number of rotatable bonds is 6. The average molecular weight is 442 g/mol. The Labute approximate surface area is 188 Å². The molecule has 2 aromatic carbocycles. The highest BCUT2D eigenvalue weighted by Crippen LogP contribution is 2.40. The Bertz CT molecular complexity index is 942. The number of ether oxygens (including phenoxy) is 3. The molecular weight excluding hydrogens is 410 g/mol. The monoisotopic (exact) mass is 441 g/mol. The topological polar surface area (TPSA) is 64.1 Å². The minimum Gasteiger partial charge on any atom is -0.454 e. The van der Waals surface area contributed by atoms with Crippen LogP contribution in [0.1, 0.15) is 29.5 Å². The van der Waals surface area contributed by atoms with Gasteiger partial charge in [0.05, 0.1) is 0 Å². The molecule has 0 amide bonds. The molecule has 0 saturated carbocycles. The molecule has 2 aliphatic rings. The van der Waals surface area contributed by atoms with E-state index in [1.54, 1.807) is 11.8 Å². The Morgan fingerprint density at radius 2 is 1.87 bits per heavy atom. The zero-order valence-corrected chi connectivity index (χ0v) is 19.3. The van der Waals surface area contributed by atoms with Crippen molar-refractivity contribution in [2.24, 2.45) is 4.99 Å². The van der Waals surface area contributed by atoms with Crippen molar-refractivity contribution in [3.05, 3.63) is 53.1 Å². The van der Waals surface area contributed by atoms with Crippen molar-refractivity contribution in [1.29, 1.82) is 0 Å². The minimum absolute atomic E-state index is 0.0366. The summed E-state index contributed by atoms with van der Waals surface area (Å²) in [5.74, 6) is 2.45. The highest BCUT2D eigenvalue weighted by atomic mass is 32.2. The summed E-state index contributed by atoms with van der Waals surface area (Å²) in [6, 6.07) is 12.9. The standard InChI is InChI=1S/C24H31N3O3S/c1-17-4-5-18(22(12-17)31-3)14-26-23(25-2)27-15-24(8-10-28-11-9-24)19-6-7-20-21(13-19)30-16-29-20/h4-7,12-13H,8-11,14-16H2,1-3H3,(H2,25,26,27). The van der Waals surface area contributed by atoms with E-state index in [0.29, 0.717) is 6.79 Å². The molecule has 6 nitrogen and oxygen atoms in total. The first-order valence-corrected chi connectivity index (χ1v) is 11.9. The highest BCUT2D eigenvalue weighted by molar-refractivity contribution is 7.98. The lowest BCUT2D eigenvalue weighted by Gasteiger charge is -2.38. The van der Waals surface area contributed by atoms with Crippen molar-refractivity contribution in [3.8, 4) is 11.5 Å². The average Bonchev–Trinajstić information content (AvgIpc) is 3.28. The number of guanidine groups is 1. The van der Waals surface area contributed by atoms with E-state index in [4.69, 9.17) is 14.2 Å². The van der Waals surface area contributed by atoms with Crippen molar-refractivity contribution in [1.82, 2.24) is 10.6 Å². The van der Waals surface area contributed by atoms with Crippen LogP contribution >= 0.6 is 11.8 Å². The lowest BCUT2D eigenvalue weighted by atomic mass is 9.74. The smallest absolute Gasteiger partial charge is 0.231 e. The third-order valence-electron chi connectivity index (χ3n) is 6.14. The predicted molar refractivity (Wildman–Crippen MR) is 125 cm³/mol. The summed E-state index contributed by atoms with van der Waals surface area (Å²) in [4.78, 5) is 5.75. The summed E-state index contributed by atoms with van der Waals surface area (Å²) < 4.78 is 16.8. The quantitative estimate of drug-likeness (QED) is 0.403. The second-order valence-electron chi connectivity index (χ2n) is 8.06. The molecule has 2 N–H and O–H groups in total. The van der Waals surface area contributed by atoms with Gasteiger partial charge in [0, 0.05) is 43.7 Å². The molecule has 0 aliphatic carbocycles. The van der Waals surface area contributed by atoms with E-state index in [0.717, 1.165) is 56.6 Å². The van der Waals surface area contributed by atoms with Crippen LogP contribution in [-0.4, -0.2) is 45.8 Å². The number of hydrogen-bond acceptors (Lipinski definition) is 5. The number of benzene rings is 2. The Kier molecular flexibility index (Phi) is 6.92. The molecule has 4 rings (SSSR count). The molecule has 1 saturated heterocycles. The molecule has 0 bridgehead atoms. The maximum atomic E-state index is 5.68. The number of thioether (sulfide) groups is 1. The Morgan fingerprint density at radius 1 is 1.06 bits per heavy atom. The van der Waals surface area contributed by atoms with Crippen molar-refractivity contribution in [2.75, 3.05) is 39.9 Å². The zero-order chi connectivity index (χ0) is 21.7. The van der Waals surface area contributed by atoms with Gasteiger partial charge in [-0.3, -0.25) is 4.99 Å². The number of nitrogens with one attached hydrogen (secondary N) is 2. The molecule has 0 radical (unpaired) electrons. The van der Waals surface area contributed by atoms with Crippen LogP contribution < -0.4 is 20.1 Å². The summed E-state index contributed by atoms with van der Waals surface area (Å²) in [6.45, 7) is 5.43. The summed E-state index contributed by atoms with van der Waals surface area (Å²) >= 11 is 1.78. The fraction of sp³-hybridized carbons (Fsp3) is 0.458. The van der Waals surface area contributed by atoms with Gasteiger partial charge in [0.1, 0.15) is 0 Å². The van der Waals surface area contributed by atoms with E-state index in [1.165, 1.54) is 21.6 Å². The zero-order valence-electron chi connectivity index (χ0n) is 18.5. The van der Waals surface area contributed by atoms with Crippen LogP contribution in [0.15, 0.2) is 46.3 Å². The normalized spacial score (nSPS) is 17.5. The highest BCUT2D eigenvalue weighted by Gasteiger charge is 2.35. The van der Waals surface area contributed by atoms with E-state index in [1.807, 2.05) is 13.1 Å². The molecule has 7 heteroatoms. The second kappa shape index (κ2) is 9.83. The van der Waals surface area contributed by atoms with Crippen molar-refractivity contribution >= 4 is 17.7 Å². The first-order valence-electron chi connectivity index (χ1n) is 10.7. The van der Waals surface area contributed by atoms with Crippen LogP contribution in [0.3, 0.4) is 0 Å². The molecule has 2 aromatic rings.